The summed E-state index contributed by atoms with van der Waals surface area (Å²) in [4.78, 5) is 12.6. The van der Waals surface area contributed by atoms with Crippen molar-refractivity contribution in [2.24, 2.45) is 11.7 Å². The molecule has 25 heavy (non-hydrogen) atoms. The SMILES string of the molecule is COc1ccc(C)cc1C1(CNC(=O)[C@@H]2CCC[C@@H]2N)CCOCC1. The Morgan fingerprint density at radius 1 is 1.36 bits per heavy atom. The fraction of sp³-hybridized carbons (Fsp3) is 0.650. The predicted octanol–water partition coefficient (Wildman–Crippen LogP) is 2.30. The van der Waals surface area contributed by atoms with Crippen molar-refractivity contribution in [2.75, 3.05) is 26.9 Å². The third kappa shape index (κ3) is 3.82. The Labute approximate surface area is 150 Å². The van der Waals surface area contributed by atoms with Crippen molar-refractivity contribution in [3.8, 4) is 5.75 Å². The number of nitrogens with two attached hydrogens (primary N) is 1. The van der Waals surface area contributed by atoms with Gasteiger partial charge in [-0.05, 0) is 38.7 Å². The second-order valence-corrected chi connectivity index (χ2v) is 7.52. The first-order valence-electron chi connectivity index (χ1n) is 9.32. The number of hydrogen-bond donors (Lipinski definition) is 2. The van der Waals surface area contributed by atoms with E-state index in [-0.39, 0.29) is 23.3 Å². The van der Waals surface area contributed by atoms with Crippen molar-refractivity contribution >= 4 is 5.91 Å². The highest BCUT2D eigenvalue weighted by molar-refractivity contribution is 5.79. The summed E-state index contributed by atoms with van der Waals surface area (Å²) >= 11 is 0. The molecule has 1 heterocycles. The average molecular weight is 346 g/mol. The number of carbonyl (C=O) groups excluding carboxylic acids is 1. The standard InChI is InChI=1S/C20H30N2O3/c1-14-6-7-18(24-2)16(12-14)20(8-10-25-11-9-20)13-22-19(23)15-4-3-5-17(15)21/h6-7,12,15,17H,3-5,8-11,13,21H2,1-2H3,(H,22,23)/t15-,17+/m1/s1. The minimum Gasteiger partial charge on any atom is -0.496 e. The van der Waals surface area contributed by atoms with Crippen molar-refractivity contribution in [3.05, 3.63) is 29.3 Å². The van der Waals surface area contributed by atoms with Crippen LogP contribution in [0.15, 0.2) is 18.2 Å². The third-order valence-corrected chi connectivity index (χ3v) is 5.88. The van der Waals surface area contributed by atoms with Crippen LogP contribution in [-0.2, 0) is 14.9 Å². The maximum Gasteiger partial charge on any atom is 0.224 e. The number of benzene rings is 1. The molecule has 2 atom stereocenters. The molecule has 5 nitrogen and oxygen atoms in total. The molecule has 3 N–H and O–H groups in total. The number of aryl methyl sites for hydroxylation is 1. The smallest absolute Gasteiger partial charge is 0.224 e. The van der Waals surface area contributed by atoms with Crippen LogP contribution in [0.4, 0.5) is 0 Å². The number of hydrogen-bond acceptors (Lipinski definition) is 4. The van der Waals surface area contributed by atoms with E-state index in [0.717, 1.165) is 37.9 Å². The summed E-state index contributed by atoms with van der Waals surface area (Å²) < 4.78 is 11.2. The highest BCUT2D eigenvalue weighted by Crippen LogP contribution is 2.40. The number of carbonyl (C=O) groups is 1. The summed E-state index contributed by atoms with van der Waals surface area (Å²) in [5.41, 5.74) is 8.33. The van der Waals surface area contributed by atoms with Crippen LogP contribution in [0.1, 0.15) is 43.2 Å². The van der Waals surface area contributed by atoms with Gasteiger partial charge >= 0.3 is 0 Å². The van der Waals surface area contributed by atoms with Crippen LogP contribution >= 0.6 is 0 Å². The van der Waals surface area contributed by atoms with Crippen molar-refractivity contribution in [3.63, 3.8) is 0 Å². The lowest BCUT2D eigenvalue weighted by Gasteiger charge is -2.39. The summed E-state index contributed by atoms with van der Waals surface area (Å²) in [6, 6.07) is 6.28. The molecule has 1 aromatic carbocycles. The van der Waals surface area contributed by atoms with Crippen LogP contribution in [0.2, 0.25) is 0 Å². The highest BCUT2D eigenvalue weighted by Gasteiger charge is 2.38. The van der Waals surface area contributed by atoms with E-state index in [1.807, 2.05) is 6.07 Å². The lowest BCUT2D eigenvalue weighted by atomic mass is 9.73. The van der Waals surface area contributed by atoms with Gasteiger partial charge in [0.15, 0.2) is 0 Å². The van der Waals surface area contributed by atoms with Crippen LogP contribution < -0.4 is 15.8 Å². The summed E-state index contributed by atoms with van der Waals surface area (Å²) in [5, 5.41) is 3.20. The zero-order valence-corrected chi connectivity index (χ0v) is 15.3. The van der Waals surface area contributed by atoms with Gasteiger partial charge in [-0.3, -0.25) is 4.79 Å². The van der Waals surface area contributed by atoms with Gasteiger partial charge in [-0.1, -0.05) is 24.1 Å². The zero-order chi connectivity index (χ0) is 17.9. The van der Waals surface area contributed by atoms with Gasteiger partial charge in [0.05, 0.1) is 13.0 Å². The molecule has 0 unspecified atom stereocenters. The molecule has 1 aromatic rings. The molecule has 3 rings (SSSR count). The van der Waals surface area contributed by atoms with Crippen LogP contribution in [-0.4, -0.2) is 38.8 Å². The van der Waals surface area contributed by atoms with E-state index < -0.39 is 0 Å². The first kappa shape index (κ1) is 18.2. The average Bonchev–Trinajstić information content (AvgIpc) is 3.06. The van der Waals surface area contributed by atoms with Gasteiger partial charge in [0.2, 0.25) is 5.91 Å². The molecule has 2 fully saturated rings. The van der Waals surface area contributed by atoms with Gasteiger partial charge < -0.3 is 20.5 Å². The lowest BCUT2D eigenvalue weighted by molar-refractivity contribution is -0.125. The number of amides is 1. The highest BCUT2D eigenvalue weighted by atomic mass is 16.5. The molecule has 1 saturated heterocycles. The van der Waals surface area contributed by atoms with E-state index in [1.165, 1.54) is 11.1 Å². The quantitative estimate of drug-likeness (QED) is 0.858. The number of methoxy groups -OCH3 is 1. The second-order valence-electron chi connectivity index (χ2n) is 7.52. The van der Waals surface area contributed by atoms with E-state index in [9.17, 15) is 4.79 Å². The van der Waals surface area contributed by atoms with Crippen LogP contribution in [0.5, 0.6) is 5.75 Å². The van der Waals surface area contributed by atoms with Crippen LogP contribution in [0.25, 0.3) is 0 Å². The molecule has 1 aliphatic heterocycles. The van der Waals surface area contributed by atoms with E-state index in [1.54, 1.807) is 7.11 Å². The van der Waals surface area contributed by atoms with Gasteiger partial charge in [-0.2, -0.15) is 0 Å². The molecule has 5 heteroatoms. The Morgan fingerprint density at radius 2 is 2.12 bits per heavy atom. The molecule has 138 valence electrons. The van der Waals surface area contributed by atoms with Crippen LogP contribution in [0.3, 0.4) is 0 Å². The van der Waals surface area contributed by atoms with Gasteiger partial charge in [0.25, 0.3) is 0 Å². The van der Waals surface area contributed by atoms with Crippen molar-refractivity contribution in [1.29, 1.82) is 0 Å². The molecule has 0 aromatic heterocycles. The van der Waals surface area contributed by atoms with E-state index in [0.29, 0.717) is 19.8 Å². The van der Waals surface area contributed by atoms with Crippen molar-refractivity contribution in [2.45, 2.75) is 50.5 Å². The topological polar surface area (TPSA) is 73.6 Å². The van der Waals surface area contributed by atoms with Gasteiger partial charge in [-0.25, -0.2) is 0 Å². The molecule has 1 amide bonds. The second kappa shape index (κ2) is 7.75. The van der Waals surface area contributed by atoms with Gasteiger partial charge in [-0.15, -0.1) is 0 Å². The third-order valence-electron chi connectivity index (χ3n) is 5.88. The van der Waals surface area contributed by atoms with E-state index in [2.05, 4.69) is 24.4 Å². The number of rotatable bonds is 5. The Morgan fingerprint density at radius 3 is 2.76 bits per heavy atom. The first-order chi connectivity index (χ1) is 12.1. The predicted molar refractivity (Wildman–Crippen MR) is 97.8 cm³/mol. The Bertz CT molecular complexity index is 611. The molecular weight excluding hydrogens is 316 g/mol. The summed E-state index contributed by atoms with van der Waals surface area (Å²) in [6.07, 6.45) is 4.65. The fourth-order valence-electron chi connectivity index (χ4n) is 4.24. The van der Waals surface area contributed by atoms with Crippen molar-refractivity contribution in [1.82, 2.24) is 5.32 Å². The lowest BCUT2D eigenvalue weighted by Crippen LogP contribution is -2.47. The molecule has 0 bridgehead atoms. The maximum absolute atomic E-state index is 12.6. The Balaban J connectivity index is 1.82. The van der Waals surface area contributed by atoms with Crippen molar-refractivity contribution < 1.29 is 14.3 Å². The zero-order valence-electron chi connectivity index (χ0n) is 15.3. The normalized spacial score (nSPS) is 25.6. The van der Waals surface area contributed by atoms with Gasteiger partial charge in [0, 0.05) is 36.8 Å². The minimum atomic E-state index is -0.145. The summed E-state index contributed by atoms with van der Waals surface area (Å²) in [7, 11) is 1.71. The molecule has 0 radical (unpaired) electrons. The molecule has 1 aliphatic carbocycles. The number of ether oxygens (including phenoxy) is 2. The molecule has 2 aliphatic rings. The Hall–Kier alpha value is -1.59. The monoisotopic (exact) mass is 346 g/mol. The summed E-state index contributed by atoms with van der Waals surface area (Å²) in [5.74, 6) is 0.943. The van der Waals surface area contributed by atoms with Gasteiger partial charge in [0.1, 0.15) is 5.75 Å². The largest absolute Gasteiger partial charge is 0.496 e. The molecule has 0 spiro atoms. The molecular formula is C20H30N2O3. The fourth-order valence-corrected chi connectivity index (χ4v) is 4.24. The Kier molecular flexibility index (Phi) is 5.64. The van der Waals surface area contributed by atoms with Crippen LogP contribution in [0, 0.1) is 12.8 Å². The molecule has 1 saturated carbocycles. The first-order valence-corrected chi connectivity index (χ1v) is 9.32. The van der Waals surface area contributed by atoms with E-state index >= 15 is 0 Å². The minimum absolute atomic E-state index is 0.000792. The maximum atomic E-state index is 12.6. The summed E-state index contributed by atoms with van der Waals surface area (Å²) in [6.45, 7) is 4.11. The van der Waals surface area contributed by atoms with E-state index in [4.69, 9.17) is 15.2 Å². The number of nitrogens with one attached hydrogen (secondary N) is 1.